The molecule has 10 heteroatoms. The minimum atomic E-state index is -4.33. The van der Waals surface area contributed by atoms with Crippen LogP contribution in [0.4, 0.5) is 13.2 Å². The Bertz CT molecular complexity index is 543. The monoisotopic (exact) mass is 306 g/mol. The topological polar surface area (TPSA) is 88.3 Å². The number of alkyl halides is 3. The molecule has 0 aromatic carbocycles. The fourth-order valence-corrected chi connectivity index (χ4v) is 2.20. The molecule has 1 aromatic rings. The van der Waals surface area contributed by atoms with Crippen LogP contribution in [0.5, 0.6) is 0 Å². The number of likely N-dealkylation sites (tertiary alicyclic amines) is 1. The minimum absolute atomic E-state index is 0.00101. The number of nitrogens with zero attached hydrogens (tertiary/aromatic N) is 4. The third-order valence-electron chi connectivity index (χ3n) is 3.23. The molecule has 0 aliphatic carbocycles. The summed E-state index contributed by atoms with van der Waals surface area (Å²) in [5.41, 5.74) is -0.154. The molecule has 0 bridgehead atoms. The lowest BCUT2D eigenvalue weighted by atomic mass is 9.97. The van der Waals surface area contributed by atoms with Crippen molar-refractivity contribution in [2.24, 2.45) is 5.92 Å². The highest BCUT2D eigenvalue weighted by Gasteiger charge is 2.43. The van der Waals surface area contributed by atoms with Gasteiger partial charge in [-0.1, -0.05) is 5.21 Å². The van der Waals surface area contributed by atoms with E-state index >= 15 is 0 Å². The molecule has 1 aliphatic rings. The minimum Gasteiger partial charge on any atom is -0.480 e. The number of carbonyl (C=O) groups is 2. The molecule has 0 spiro atoms. The van der Waals surface area contributed by atoms with Crippen LogP contribution in [-0.2, 0) is 11.3 Å². The normalized spacial score (nSPS) is 19.6. The number of rotatable bonds is 3. The van der Waals surface area contributed by atoms with Gasteiger partial charge >= 0.3 is 12.1 Å². The standard InChI is InChI=1S/C11H13F3N4O3/c12-11(13,14)7-2-1-3-17(4-7)10(21)8-5-18(16-15-8)6-9(19)20/h5,7H,1-4,6H2,(H,19,20). The molecule has 1 atom stereocenters. The van der Waals surface area contributed by atoms with Crippen molar-refractivity contribution in [1.29, 1.82) is 0 Å². The highest BCUT2D eigenvalue weighted by atomic mass is 19.4. The van der Waals surface area contributed by atoms with Crippen LogP contribution in [0, 0.1) is 5.92 Å². The summed E-state index contributed by atoms with van der Waals surface area (Å²) in [5, 5.41) is 15.5. The van der Waals surface area contributed by atoms with Gasteiger partial charge in [-0.3, -0.25) is 9.59 Å². The molecule has 1 unspecified atom stereocenters. The summed E-state index contributed by atoms with van der Waals surface area (Å²) < 4.78 is 39.0. The van der Waals surface area contributed by atoms with Gasteiger partial charge in [-0.2, -0.15) is 13.2 Å². The smallest absolute Gasteiger partial charge is 0.393 e. The molecule has 0 saturated carbocycles. The fourth-order valence-electron chi connectivity index (χ4n) is 2.20. The van der Waals surface area contributed by atoms with Gasteiger partial charge in [-0.25, -0.2) is 4.68 Å². The van der Waals surface area contributed by atoms with Crippen LogP contribution in [0.2, 0.25) is 0 Å². The lowest BCUT2D eigenvalue weighted by molar-refractivity contribution is -0.184. The zero-order valence-electron chi connectivity index (χ0n) is 10.9. The zero-order valence-corrected chi connectivity index (χ0v) is 10.9. The number of piperidine rings is 1. The van der Waals surface area contributed by atoms with Crippen molar-refractivity contribution in [2.45, 2.75) is 25.6 Å². The third-order valence-corrected chi connectivity index (χ3v) is 3.23. The Hall–Kier alpha value is -2.13. The van der Waals surface area contributed by atoms with Crippen molar-refractivity contribution < 1.29 is 27.9 Å². The maximum absolute atomic E-state index is 12.7. The predicted molar refractivity (Wildman–Crippen MR) is 62.3 cm³/mol. The van der Waals surface area contributed by atoms with Crippen molar-refractivity contribution in [3.8, 4) is 0 Å². The summed E-state index contributed by atoms with van der Waals surface area (Å²) in [4.78, 5) is 23.6. The quantitative estimate of drug-likeness (QED) is 0.891. The molecule has 1 aromatic heterocycles. The van der Waals surface area contributed by atoms with Gasteiger partial charge in [0.25, 0.3) is 5.91 Å². The lowest BCUT2D eigenvalue weighted by Crippen LogP contribution is -2.44. The summed E-state index contributed by atoms with van der Waals surface area (Å²) in [7, 11) is 0. The first-order valence-corrected chi connectivity index (χ1v) is 6.25. The van der Waals surface area contributed by atoms with Gasteiger partial charge in [0.2, 0.25) is 0 Å². The Balaban J connectivity index is 2.05. The molecule has 0 radical (unpaired) electrons. The maximum Gasteiger partial charge on any atom is 0.393 e. The molecule has 1 amide bonds. The van der Waals surface area contributed by atoms with Crippen LogP contribution in [0.1, 0.15) is 23.3 Å². The Morgan fingerprint density at radius 2 is 2.14 bits per heavy atom. The first-order valence-electron chi connectivity index (χ1n) is 6.25. The highest BCUT2D eigenvalue weighted by molar-refractivity contribution is 5.92. The van der Waals surface area contributed by atoms with Crippen molar-refractivity contribution in [1.82, 2.24) is 19.9 Å². The molecule has 7 nitrogen and oxygen atoms in total. The van der Waals surface area contributed by atoms with E-state index < -0.39 is 37.1 Å². The largest absolute Gasteiger partial charge is 0.480 e. The number of hydrogen-bond acceptors (Lipinski definition) is 4. The third kappa shape index (κ3) is 3.70. The lowest BCUT2D eigenvalue weighted by Gasteiger charge is -2.33. The van der Waals surface area contributed by atoms with Crippen molar-refractivity contribution in [3.63, 3.8) is 0 Å². The van der Waals surface area contributed by atoms with Gasteiger partial charge in [0.05, 0.1) is 12.1 Å². The molecule has 21 heavy (non-hydrogen) atoms. The van der Waals surface area contributed by atoms with E-state index in [9.17, 15) is 22.8 Å². The average Bonchev–Trinajstić information content (AvgIpc) is 2.84. The van der Waals surface area contributed by atoms with E-state index in [0.29, 0.717) is 0 Å². The summed E-state index contributed by atoms with van der Waals surface area (Å²) in [5.74, 6) is -3.36. The molecule has 1 fully saturated rings. The van der Waals surface area contributed by atoms with Crippen LogP contribution in [0.3, 0.4) is 0 Å². The second-order valence-electron chi connectivity index (χ2n) is 4.83. The van der Waals surface area contributed by atoms with E-state index in [4.69, 9.17) is 5.11 Å². The second kappa shape index (κ2) is 5.70. The summed E-state index contributed by atoms with van der Waals surface area (Å²) in [6.45, 7) is -0.656. The Labute approximate surface area is 117 Å². The summed E-state index contributed by atoms with van der Waals surface area (Å²) >= 11 is 0. The molecular formula is C11H13F3N4O3. The molecule has 116 valence electrons. The van der Waals surface area contributed by atoms with E-state index in [1.807, 2.05) is 0 Å². The SMILES string of the molecule is O=C(O)Cn1cc(C(=O)N2CCCC(C(F)(F)F)C2)nn1. The number of carbonyl (C=O) groups excluding carboxylic acids is 1. The molecule has 1 N–H and O–H groups in total. The van der Waals surface area contributed by atoms with E-state index in [0.717, 1.165) is 15.8 Å². The Morgan fingerprint density at radius 3 is 2.76 bits per heavy atom. The van der Waals surface area contributed by atoms with Crippen LogP contribution in [-0.4, -0.2) is 56.1 Å². The molecule has 1 saturated heterocycles. The number of aromatic nitrogens is 3. The van der Waals surface area contributed by atoms with E-state index in [2.05, 4.69) is 10.3 Å². The van der Waals surface area contributed by atoms with Gasteiger partial charge < -0.3 is 10.0 Å². The summed E-state index contributed by atoms with van der Waals surface area (Å²) in [6.07, 6.45) is -2.95. The number of carboxylic acids is 1. The average molecular weight is 306 g/mol. The molecule has 1 aliphatic heterocycles. The van der Waals surface area contributed by atoms with Crippen LogP contribution in [0.15, 0.2) is 6.20 Å². The van der Waals surface area contributed by atoms with E-state index in [-0.39, 0.29) is 25.1 Å². The second-order valence-corrected chi connectivity index (χ2v) is 4.83. The highest BCUT2D eigenvalue weighted by Crippen LogP contribution is 2.33. The van der Waals surface area contributed by atoms with Crippen molar-refractivity contribution >= 4 is 11.9 Å². The molecule has 2 heterocycles. The molecular weight excluding hydrogens is 293 g/mol. The van der Waals surface area contributed by atoms with Gasteiger partial charge in [0.15, 0.2) is 5.69 Å². The van der Waals surface area contributed by atoms with Crippen LogP contribution >= 0.6 is 0 Å². The number of carboxylic acid groups (broad SMARTS) is 1. The van der Waals surface area contributed by atoms with Crippen LogP contribution in [0.25, 0.3) is 0 Å². The molecule has 2 rings (SSSR count). The fraction of sp³-hybridized carbons (Fsp3) is 0.636. The zero-order chi connectivity index (χ0) is 15.6. The maximum atomic E-state index is 12.7. The number of aliphatic carboxylic acids is 1. The first-order chi connectivity index (χ1) is 9.77. The van der Waals surface area contributed by atoms with E-state index in [1.165, 1.54) is 0 Å². The van der Waals surface area contributed by atoms with Gasteiger partial charge in [-0.15, -0.1) is 5.10 Å². The number of halogens is 3. The van der Waals surface area contributed by atoms with Crippen molar-refractivity contribution in [3.05, 3.63) is 11.9 Å². The predicted octanol–water partition coefficient (Wildman–Crippen LogP) is 0.777. The van der Waals surface area contributed by atoms with Gasteiger partial charge in [-0.05, 0) is 12.8 Å². The summed E-state index contributed by atoms with van der Waals surface area (Å²) in [6, 6.07) is 0. The van der Waals surface area contributed by atoms with Gasteiger partial charge in [0, 0.05) is 13.1 Å². The van der Waals surface area contributed by atoms with E-state index in [1.54, 1.807) is 0 Å². The number of hydrogen-bond donors (Lipinski definition) is 1. The first kappa shape index (κ1) is 15.3. The van der Waals surface area contributed by atoms with Crippen molar-refractivity contribution in [2.75, 3.05) is 13.1 Å². The van der Waals surface area contributed by atoms with Gasteiger partial charge in [0.1, 0.15) is 6.54 Å². The van der Waals surface area contributed by atoms with Crippen LogP contribution < -0.4 is 0 Å². The number of amides is 1. The Kier molecular flexibility index (Phi) is 4.14. The Morgan fingerprint density at radius 1 is 1.43 bits per heavy atom.